The molecule has 0 unspecified atom stereocenters. The van der Waals surface area contributed by atoms with Crippen LogP contribution in [0.3, 0.4) is 0 Å². The maximum atomic E-state index is 12.9. The van der Waals surface area contributed by atoms with Gasteiger partial charge in [0.2, 0.25) is 0 Å². The zero-order valence-electron chi connectivity index (χ0n) is 19.4. The fraction of sp³-hybridized carbons (Fsp3) is 0.154. The first-order valence-electron chi connectivity index (χ1n) is 11.4. The minimum Gasteiger partial charge on any atom is -0.398 e. The number of carbonyl (C=O) groups is 1. The van der Waals surface area contributed by atoms with Gasteiger partial charge in [-0.2, -0.15) is 0 Å². The third-order valence-electron chi connectivity index (χ3n) is 6.21. The number of carbonyl (C=O) groups excluding carboxylic acids is 1. The highest BCUT2D eigenvalue weighted by molar-refractivity contribution is 5.94. The van der Waals surface area contributed by atoms with E-state index in [0.717, 1.165) is 45.7 Å². The summed E-state index contributed by atoms with van der Waals surface area (Å²) in [5, 5.41) is 9.88. The number of para-hydroxylation sites is 1. The molecule has 0 radical (unpaired) electrons. The van der Waals surface area contributed by atoms with Crippen LogP contribution < -0.4 is 21.4 Å². The first kappa shape index (κ1) is 22.1. The number of H-pyrrole nitrogens is 1. The Balaban J connectivity index is 1.34. The maximum absolute atomic E-state index is 12.9. The number of nitrogen functional groups attached to an aromatic ring is 1. The van der Waals surface area contributed by atoms with E-state index in [0.29, 0.717) is 24.6 Å². The minimum atomic E-state index is -0.0157. The highest BCUT2D eigenvalue weighted by Gasteiger charge is 2.22. The van der Waals surface area contributed by atoms with Crippen LogP contribution in [0, 0.1) is 0 Å². The van der Waals surface area contributed by atoms with Crippen LogP contribution in [0.5, 0.6) is 0 Å². The van der Waals surface area contributed by atoms with Crippen LogP contribution >= 0.6 is 0 Å². The smallest absolute Gasteiger partial charge is 0.324 e. The van der Waals surface area contributed by atoms with Crippen LogP contribution in [0.4, 0.5) is 27.7 Å². The summed E-state index contributed by atoms with van der Waals surface area (Å²) in [4.78, 5) is 28.7. The second-order valence-electron chi connectivity index (χ2n) is 8.41. The molecule has 0 saturated carbocycles. The summed E-state index contributed by atoms with van der Waals surface area (Å²) in [6, 6.07) is 17.2. The van der Waals surface area contributed by atoms with Gasteiger partial charge in [0.25, 0.3) is 0 Å². The molecule has 4 aromatic rings. The Bertz CT molecular complexity index is 1430. The molecule has 0 bridgehead atoms. The topological polar surface area (TPSA) is 129 Å². The number of rotatable bonds is 5. The Morgan fingerprint density at radius 3 is 2.77 bits per heavy atom. The number of fused-ring (bicyclic) bond motifs is 1. The quantitative estimate of drug-likeness (QED) is 0.265. The molecule has 2 aromatic carbocycles. The molecule has 0 saturated heterocycles. The van der Waals surface area contributed by atoms with Gasteiger partial charge >= 0.3 is 6.03 Å². The van der Waals surface area contributed by atoms with E-state index >= 15 is 0 Å². The Morgan fingerprint density at radius 2 is 2.03 bits per heavy atom. The van der Waals surface area contributed by atoms with Crippen molar-refractivity contribution in [3.63, 3.8) is 0 Å². The van der Waals surface area contributed by atoms with Crippen molar-refractivity contribution in [2.75, 3.05) is 36.1 Å². The summed E-state index contributed by atoms with van der Waals surface area (Å²) in [6.07, 6.45) is 5.83. The fourth-order valence-electron chi connectivity index (χ4n) is 4.21. The molecule has 1 aliphatic rings. The molecule has 2 aromatic heterocycles. The number of aromatic nitrogens is 3. The number of hydrogen-bond acceptors (Lipinski definition) is 5. The molecule has 9 nitrogen and oxygen atoms in total. The molecule has 1 aliphatic heterocycles. The molecule has 0 atom stereocenters. The second kappa shape index (κ2) is 9.30. The fourth-order valence-corrected chi connectivity index (χ4v) is 4.21. The van der Waals surface area contributed by atoms with Crippen LogP contribution in [0.25, 0.3) is 16.6 Å². The summed E-state index contributed by atoms with van der Waals surface area (Å²) >= 11 is 0. The summed E-state index contributed by atoms with van der Waals surface area (Å²) in [7, 11) is 1.80. The third-order valence-corrected chi connectivity index (χ3v) is 6.21. The van der Waals surface area contributed by atoms with Crippen molar-refractivity contribution in [1.29, 1.82) is 0 Å². The highest BCUT2D eigenvalue weighted by Crippen LogP contribution is 2.30. The number of amides is 2. The molecule has 35 heavy (non-hydrogen) atoms. The number of nitrogens with two attached hydrogens (primary N) is 2. The van der Waals surface area contributed by atoms with Crippen molar-refractivity contribution in [1.82, 2.24) is 19.9 Å². The van der Waals surface area contributed by atoms with Crippen molar-refractivity contribution < 1.29 is 10.2 Å². The van der Waals surface area contributed by atoms with Gasteiger partial charge in [0.1, 0.15) is 17.8 Å². The largest absolute Gasteiger partial charge is 0.398 e. The van der Waals surface area contributed by atoms with E-state index in [2.05, 4.69) is 26.3 Å². The molecule has 5 rings (SSSR count). The second-order valence-corrected chi connectivity index (χ2v) is 8.41. The summed E-state index contributed by atoms with van der Waals surface area (Å²) in [5.74, 6) is 0.683. The van der Waals surface area contributed by atoms with Gasteiger partial charge in [-0.05, 0) is 48.4 Å². The van der Waals surface area contributed by atoms with Gasteiger partial charge in [-0.1, -0.05) is 24.3 Å². The first-order chi connectivity index (χ1) is 17.0. The zero-order chi connectivity index (χ0) is 24.4. The van der Waals surface area contributed by atoms with Crippen molar-refractivity contribution >= 4 is 51.7 Å². The van der Waals surface area contributed by atoms with E-state index < -0.39 is 0 Å². The lowest BCUT2D eigenvalue weighted by molar-refractivity contribution is -0.104. The number of nitrogens with zero attached hydrogens (tertiary/aromatic N) is 4. The van der Waals surface area contributed by atoms with Crippen molar-refractivity contribution in [3.05, 3.63) is 78.3 Å². The standard InChI is InChI=1S/C26H26N8O/c1-33(20-5-3-2-4-6-20)26(35)34-11-9-17(10-12-34)23-14-21-24(29-16-30-25(21)32-23)31-19-7-8-22(28)18(13-19)15-27/h2-9,13-16,27H,10-12,28H2,1H3,(H2,29,30,31,32)/p+1. The average molecular weight is 468 g/mol. The normalized spacial score (nSPS) is 13.4. The SMILES string of the molecule is CN(C(=O)N1CC=C(c2cc3c(Nc4ccc(N)c(C=[NH2+])c4)ncnc3[nH]2)CC1)c1ccccc1. The molecule has 0 aliphatic carbocycles. The first-order valence-corrected chi connectivity index (χ1v) is 11.4. The molecule has 0 fully saturated rings. The van der Waals surface area contributed by atoms with Gasteiger partial charge < -0.3 is 20.9 Å². The number of benzene rings is 2. The summed E-state index contributed by atoms with van der Waals surface area (Å²) < 4.78 is 0. The van der Waals surface area contributed by atoms with E-state index in [4.69, 9.17) is 11.1 Å². The predicted octanol–water partition coefficient (Wildman–Crippen LogP) is 2.81. The number of aromatic amines is 1. The third kappa shape index (κ3) is 4.43. The monoisotopic (exact) mass is 467 g/mol. The van der Waals surface area contributed by atoms with E-state index in [-0.39, 0.29) is 6.03 Å². The van der Waals surface area contributed by atoms with E-state index in [9.17, 15) is 4.79 Å². The lowest BCUT2D eigenvalue weighted by Gasteiger charge is -2.30. The molecule has 2 amide bonds. The number of hydrogen-bond donors (Lipinski definition) is 4. The van der Waals surface area contributed by atoms with Gasteiger partial charge in [0.05, 0.1) is 10.9 Å². The average Bonchev–Trinajstić information content (AvgIpc) is 3.35. The Hall–Kier alpha value is -4.66. The zero-order valence-corrected chi connectivity index (χ0v) is 19.4. The summed E-state index contributed by atoms with van der Waals surface area (Å²) in [6.45, 7) is 1.18. The predicted molar refractivity (Wildman–Crippen MR) is 140 cm³/mol. The van der Waals surface area contributed by atoms with Crippen LogP contribution in [0.2, 0.25) is 0 Å². The number of nitrogens with one attached hydrogen (secondary N) is 2. The highest BCUT2D eigenvalue weighted by atomic mass is 16.2. The number of urea groups is 1. The van der Waals surface area contributed by atoms with Gasteiger partial charge in [-0.3, -0.25) is 10.3 Å². The molecule has 176 valence electrons. The maximum Gasteiger partial charge on any atom is 0.324 e. The van der Waals surface area contributed by atoms with E-state index in [1.807, 2.05) is 53.4 Å². The minimum absolute atomic E-state index is 0.0157. The van der Waals surface area contributed by atoms with Gasteiger partial charge in [0, 0.05) is 42.9 Å². The molecule has 6 N–H and O–H groups in total. The molecular formula is C26H27N8O+. The van der Waals surface area contributed by atoms with Gasteiger partial charge in [0.15, 0.2) is 6.21 Å². The Morgan fingerprint density at radius 1 is 1.20 bits per heavy atom. The lowest BCUT2D eigenvalue weighted by atomic mass is 10.0. The molecule has 9 heteroatoms. The van der Waals surface area contributed by atoms with Gasteiger partial charge in [-0.25, -0.2) is 14.8 Å². The van der Waals surface area contributed by atoms with Crippen LogP contribution in [0.15, 0.2) is 67.0 Å². The van der Waals surface area contributed by atoms with Crippen molar-refractivity contribution in [3.8, 4) is 0 Å². The molecule has 3 heterocycles. The Kier molecular flexibility index (Phi) is 5.88. The van der Waals surface area contributed by atoms with Gasteiger partial charge in [-0.15, -0.1) is 0 Å². The Labute approximate surface area is 202 Å². The van der Waals surface area contributed by atoms with E-state index in [1.54, 1.807) is 18.0 Å². The van der Waals surface area contributed by atoms with Crippen molar-refractivity contribution in [2.24, 2.45) is 0 Å². The van der Waals surface area contributed by atoms with Crippen molar-refractivity contribution in [2.45, 2.75) is 6.42 Å². The van der Waals surface area contributed by atoms with Crippen LogP contribution in [0.1, 0.15) is 17.7 Å². The lowest BCUT2D eigenvalue weighted by Crippen LogP contribution is -2.43. The van der Waals surface area contributed by atoms with Crippen LogP contribution in [-0.4, -0.2) is 52.2 Å². The molecule has 0 spiro atoms. The summed E-state index contributed by atoms with van der Waals surface area (Å²) in [5.41, 5.74) is 11.9. The van der Waals surface area contributed by atoms with E-state index in [1.165, 1.54) is 12.5 Å². The molecular weight excluding hydrogens is 440 g/mol. The number of anilines is 4. The van der Waals surface area contributed by atoms with Crippen LogP contribution in [-0.2, 0) is 0 Å².